The van der Waals surface area contributed by atoms with E-state index in [1.54, 1.807) is 0 Å². The molecule has 1 aromatic rings. The molecule has 7 heteroatoms. The van der Waals surface area contributed by atoms with E-state index in [1.165, 1.54) is 0 Å². The summed E-state index contributed by atoms with van der Waals surface area (Å²) < 4.78 is 5.17. The number of carbonyl (C=O) groups excluding carboxylic acids is 2. The lowest BCUT2D eigenvalue weighted by Crippen LogP contribution is -2.48. The van der Waals surface area contributed by atoms with E-state index in [9.17, 15) is 9.59 Å². The van der Waals surface area contributed by atoms with Gasteiger partial charge >= 0.3 is 5.97 Å². The van der Waals surface area contributed by atoms with E-state index in [0.717, 1.165) is 37.5 Å². The van der Waals surface area contributed by atoms with Gasteiger partial charge in [0.05, 0.1) is 19.1 Å². The van der Waals surface area contributed by atoms with Crippen molar-refractivity contribution in [2.45, 2.75) is 39.7 Å². The molecule has 0 spiro atoms. The first kappa shape index (κ1) is 21.7. The van der Waals surface area contributed by atoms with E-state index in [2.05, 4.69) is 20.5 Å². The number of ether oxygens (including phenoxy) is 1. The van der Waals surface area contributed by atoms with Crippen LogP contribution in [0, 0.1) is 5.92 Å². The van der Waals surface area contributed by atoms with Gasteiger partial charge in [0.15, 0.2) is 5.96 Å². The lowest BCUT2D eigenvalue weighted by Gasteiger charge is -2.34. The maximum absolute atomic E-state index is 12.1. The van der Waals surface area contributed by atoms with Gasteiger partial charge in [0.1, 0.15) is 0 Å². The highest BCUT2D eigenvalue weighted by Gasteiger charge is 2.28. The Hall–Kier alpha value is -2.57. The first-order chi connectivity index (χ1) is 13.6. The minimum atomic E-state index is -0.136. The number of rotatable bonds is 8. The molecule has 1 atom stereocenters. The zero-order chi connectivity index (χ0) is 20.2. The lowest BCUT2D eigenvalue weighted by molar-refractivity contribution is -0.149. The molecule has 0 bridgehead atoms. The van der Waals surface area contributed by atoms with Crippen LogP contribution in [-0.2, 0) is 20.9 Å². The molecule has 2 N–H and O–H groups in total. The Kier molecular flexibility index (Phi) is 9.31. The quantitative estimate of drug-likeness (QED) is 0.404. The van der Waals surface area contributed by atoms with E-state index in [4.69, 9.17) is 4.74 Å². The number of aliphatic imine (C=N–C) groups is 1. The Morgan fingerprint density at radius 2 is 2.00 bits per heavy atom. The number of benzene rings is 1. The molecule has 1 saturated heterocycles. The number of nitrogens with zero attached hydrogens (tertiary/aromatic N) is 2. The minimum Gasteiger partial charge on any atom is -0.466 e. The van der Waals surface area contributed by atoms with Crippen LogP contribution in [0.5, 0.6) is 0 Å². The Balaban J connectivity index is 1.83. The molecule has 2 rings (SSSR count). The SMILES string of the molecule is CCNC(=NCCC(=O)NCc1ccccc1)N1CCCC(C(=O)OCC)C1. The van der Waals surface area contributed by atoms with Gasteiger partial charge in [-0.25, -0.2) is 0 Å². The molecule has 1 aromatic carbocycles. The predicted molar refractivity (Wildman–Crippen MR) is 110 cm³/mol. The highest BCUT2D eigenvalue weighted by molar-refractivity contribution is 5.82. The third-order valence-electron chi connectivity index (χ3n) is 4.61. The molecule has 1 fully saturated rings. The van der Waals surface area contributed by atoms with Gasteiger partial charge in [0, 0.05) is 32.6 Å². The maximum Gasteiger partial charge on any atom is 0.310 e. The van der Waals surface area contributed by atoms with Crippen LogP contribution in [-0.4, -0.2) is 55.5 Å². The number of nitrogens with one attached hydrogen (secondary N) is 2. The summed E-state index contributed by atoms with van der Waals surface area (Å²) in [7, 11) is 0. The van der Waals surface area contributed by atoms with Gasteiger partial charge < -0.3 is 20.3 Å². The normalized spacial score (nSPS) is 17.1. The molecule has 7 nitrogen and oxygen atoms in total. The molecule has 1 unspecified atom stereocenters. The summed E-state index contributed by atoms with van der Waals surface area (Å²) in [6.07, 6.45) is 2.10. The zero-order valence-electron chi connectivity index (χ0n) is 16.9. The fourth-order valence-corrected chi connectivity index (χ4v) is 3.20. The number of hydrogen-bond acceptors (Lipinski definition) is 4. The Bertz CT molecular complexity index is 648. The number of hydrogen-bond donors (Lipinski definition) is 2. The van der Waals surface area contributed by atoms with Gasteiger partial charge in [0.2, 0.25) is 5.91 Å². The van der Waals surface area contributed by atoms with Crippen molar-refractivity contribution in [1.29, 1.82) is 0 Å². The second kappa shape index (κ2) is 12.0. The maximum atomic E-state index is 12.1. The van der Waals surface area contributed by atoms with Gasteiger partial charge in [-0.1, -0.05) is 30.3 Å². The van der Waals surface area contributed by atoms with Gasteiger partial charge in [-0.2, -0.15) is 0 Å². The molecule has 0 aliphatic carbocycles. The summed E-state index contributed by atoms with van der Waals surface area (Å²) in [4.78, 5) is 30.8. The summed E-state index contributed by atoms with van der Waals surface area (Å²) in [6.45, 7) is 7.36. The highest BCUT2D eigenvalue weighted by Crippen LogP contribution is 2.18. The Labute approximate surface area is 167 Å². The Morgan fingerprint density at radius 1 is 1.21 bits per heavy atom. The monoisotopic (exact) mass is 388 g/mol. The average molecular weight is 389 g/mol. The molecule has 1 aliphatic heterocycles. The molecule has 154 valence electrons. The zero-order valence-corrected chi connectivity index (χ0v) is 16.9. The molecule has 0 saturated carbocycles. The van der Waals surface area contributed by atoms with Gasteiger partial charge in [-0.15, -0.1) is 0 Å². The van der Waals surface area contributed by atoms with Crippen molar-refractivity contribution in [3.8, 4) is 0 Å². The van der Waals surface area contributed by atoms with Crippen LogP contribution in [0.3, 0.4) is 0 Å². The minimum absolute atomic E-state index is 0.0218. The number of amides is 1. The smallest absolute Gasteiger partial charge is 0.310 e. The number of esters is 1. The van der Waals surface area contributed by atoms with Gasteiger partial charge in [-0.3, -0.25) is 14.6 Å². The van der Waals surface area contributed by atoms with Crippen molar-refractivity contribution < 1.29 is 14.3 Å². The van der Waals surface area contributed by atoms with Crippen molar-refractivity contribution in [2.24, 2.45) is 10.9 Å². The Morgan fingerprint density at radius 3 is 2.71 bits per heavy atom. The number of guanidine groups is 1. The predicted octanol–water partition coefficient (Wildman–Crippen LogP) is 1.93. The second-order valence-electron chi connectivity index (χ2n) is 6.79. The van der Waals surface area contributed by atoms with Crippen molar-refractivity contribution in [1.82, 2.24) is 15.5 Å². The van der Waals surface area contributed by atoms with Gasteiger partial charge in [-0.05, 0) is 32.3 Å². The molecule has 28 heavy (non-hydrogen) atoms. The van der Waals surface area contributed by atoms with E-state index in [1.807, 2.05) is 44.2 Å². The van der Waals surface area contributed by atoms with Crippen LogP contribution in [0.25, 0.3) is 0 Å². The second-order valence-corrected chi connectivity index (χ2v) is 6.79. The van der Waals surface area contributed by atoms with Crippen LogP contribution in [0.4, 0.5) is 0 Å². The van der Waals surface area contributed by atoms with Crippen LogP contribution >= 0.6 is 0 Å². The molecule has 1 amide bonds. The standard InChI is InChI=1S/C21H32N4O3/c1-3-22-21(25-14-8-11-18(16-25)20(27)28-4-2)23-13-12-19(26)24-15-17-9-6-5-7-10-17/h5-7,9-10,18H,3-4,8,11-16H2,1-2H3,(H,22,23)(H,24,26). The summed E-state index contributed by atoms with van der Waals surface area (Å²) in [5.74, 6) is 0.480. The number of carbonyl (C=O) groups is 2. The molecular weight excluding hydrogens is 356 g/mol. The van der Waals surface area contributed by atoms with Crippen molar-refractivity contribution >= 4 is 17.8 Å². The third kappa shape index (κ3) is 7.21. The van der Waals surface area contributed by atoms with Crippen LogP contribution in [0.1, 0.15) is 38.7 Å². The molecule has 0 radical (unpaired) electrons. The van der Waals surface area contributed by atoms with Crippen molar-refractivity contribution in [3.05, 3.63) is 35.9 Å². The summed E-state index contributed by atoms with van der Waals surface area (Å²) in [6, 6.07) is 9.83. The molecule has 1 aliphatic rings. The van der Waals surface area contributed by atoms with E-state index < -0.39 is 0 Å². The van der Waals surface area contributed by atoms with Crippen LogP contribution < -0.4 is 10.6 Å². The van der Waals surface area contributed by atoms with Crippen molar-refractivity contribution in [3.63, 3.8) is 0 Å². The first-order valence-corrected chi connectivity index (χ1v) is 10.1. The fourth-order valence-electron chi connectivity index (χ4n) is 3.20. The topological polar surface area (TPSA) is 83.0 Å². The summed E-state index contributed by atoms with van der Waals surface area (Å²) in [5, 5.41) is 6.18. The summed E-state index contributed by atoms with van der Waals surface area (Å²) in [5.41, 5.74) is 1.08. The van der Waals surface area contributed by atoms with Crippen LogP contribution in [0.2, 0.25) is 0 Å². The first-order valence-electron chi connectivity index (χ1n) is 10.1. The molecule has 1 heterocycles. The molecule has 0 aromatic heterocycles. The highest BCUT2D eigenvalue weighted by atomic mass is 16.5. The largest absolute Gasteiger partial charge is 0.466 e. The number of likely N-dealkylation sites (tertiary alicyclic amines) is 1. The van der Waals surface area contributed by atoms with Crippen molar-refractivity contribution in [2.75, 3.05) is 32.8 Å². The van der Waals surface area contributed by atoms with E-state index in [-0.39, 0.29) is 17.8 Å². The number of piperidine rings is 1. The summed E-state index contributed by atoms with van der Waals surface area (Å²) >= 11 is 0. The van der Waals surface area contributed by atoms with E-state index >= 15 is 0 Å². The van der Waals surface area contributed by atoms with Crippen LogP contribution in [0.15, 0.2) is 35.3 Å². The average Bonchev–Trinajstić information content (AvgIpc) is 2.72. The molecular formula is C21H32N4O3. The van der Waals surface area contributed by atoms with Gasteiger partial charge in [0.25, 0.3) is 0 Å². The van der Waals surface area contributed by atoms with E-state index in [0.29, 0.717) is 32.7 Å². The third-order valence-corrected chi connectivity index (χ3v) is 4.61. The fraction of sp³-hybridized carbons (Fsp3) is 0.571. The lowest BCUT2D eigenvalue weighted by atomic mass is 9.98.